The molecule has 0 radical (unpaired) electrons. The number of hydrogen-bond acceptors (Lipinski definition) is 3. The summed E-state index contributed by atoms with van der Waals surface area (Å²) < 4.78 is 13.2. The van der Waals surface area contributed by atoms with Gasteiger partial charge in [0.25, 0.3) is 5.91 Å². The van der Waals surface area contributed by atoms with Crippen LogP contribution >= 0.6 is 11.6 Å². The van der Waals surface area contributed by atoms with Crippen LogP contribution < -0.4 is 16.4 Å². The predicted molar refractivity (Wildman–Crippen MR) is 81.9 cm³/mol. The number of imide groups is 1. The van der Waals surface area contributed by atoms with Gasteiger partial charge in [-0.1, -0.05) is 41.9 Å². The Hall–Kier alpha value is -2.60. The number of hydrogen-bond donors (Lipinski definition) is 3. The monoisotopic (exact) mass is 321 g/mol. The Kier molecular flexibility index (Phi) is 4.95. The van der Waals surface area contributed by atoms with E-state index in [1.165, 1.54) is 18.2 Å². The quantitative estimate of drug-likeness (QED) is 0.809. The minimum atomic E-state index is -0.954. The first-order valence-corrected chi connectivity index (χ1v) is 6.72. The van der Waals surface area contributed by atoms with Crippen molar-refractivity contribution in [1.82, 2.24) is 5.32 Å². The number of carbonyl (C=O) groups excluding carboxylic acids is 2. The number of anilines is 1. The Morgan fingerprint density at radius 3 is 2.41 bits per heavy atom. The van der Waals surface area contributed by atoms with Crippen LogP contribution in [0.15, 0.2) is 48.5 Å². The molecule has 3 amide bonds. The summed E-state index contributed by atoms with van der Waals surface area (Å²) in [4.78, 5) is 23.0. The van der Waals surface area contributed by atoms with Crippen LogP contribution in [0, 0.1) is 5.82 Å². The number of carbonyl (C=O) groups is 2. The van der Waals surface area contributed by atoms with E-state index in [4.69, 9.17) is 17.3 Å². The molecule has 0 heterocycles. The molecule has 0 aromatic heterocycles. The molecule has 0 unspecified atom stereocenters. The van der Waals surface area contributed by atoms with Crippen LogP contribution in [0.4, 0.5) is 14.9 Å². The van der Waals surface area contributed by atoms with Crippen molar-refractivity contribution in [2.45, 2.75) is 6.04 Å². The van der Waals surface area contributed by atoms with Crippen LogP contribution in [0.1, 0.15) is 11.6 Å². The molecule has 0 bridgehead atoms. The van der Waals surface area contributed by atoms with Gasteiger partial charge in [0, 0.05) is 5.69 Å². The SMILES string of the molecule is NC(=O)NC(=O)[C@H](Nc1ccc(F)c(Cl)c1)c1ccccc1. The molecule has 0 saturated heterocycles. The predicted octanol–water partition coefficient (Wildman–Crippen LogP) is 2.83. The number of nitrogens with one attached hydrogen (secondary N) is 2. The van der Waals surface area contributed by atoms with Crippen molar-refractivity contribution in [3.63, 3.8) is 0 Å². The first-order valence-electron chi connectivity index (χ1n) is 6.34. The highest BCUT2D eigenvalue weighted by atomic mass is 35.5. The molecule has 0 saturated carbocycles. The third-order valence-corrected chi connectivity index (χ3v) is 3.16. The average molecular weight is 322 g/mol. The van der Waals surface area contributed by atoms with Crippen LogP contribution in [0.2, 0.25) is 5.02 Å². The smallest absolute Gasteiger partial charge is 0.318 e. The molecule has 2 aromatic rings. The van der Waals surface area contributed by atoms with Crippen molar-refractivity contribution < 1.29 is 14.0 Å². The second kappa shape index (κ2) is 6.91. The Bertz CT molecular complexity index is 694. The number of primary amides is 1. The summed E-state index contributed by atoms with van der Waals surface area (Å²) >= 11 is 5.72. The normalized spacial score (nSPS) is 11.5. The maximum absolute atomic E-state index is 13.2. The van der Waals surface area contributed by atoms with E-state index in [1.54, 1.807) is 30.3 Å². The first-order chi connectivity index (χ1) is 10.5. The van der Waals surface area contributed by atoms with Crippen LogP contribution in [0.25, 0.3) is 0 Å². The number of halogens is 2. The van der Waals surface area contributed by atoms with E-state index in [1.807, 2.05) is 5.32 Å². The lowest BCUT2D eigenvalue weighted by Gasteiger charge is -2.19. The lowest BCUT2D eigenvalue weighted by Crippen LogP contribution is -2.40. The van der Waals surface area contributed by atoms with E-state index in [9.17, 15) is 14.0 Å². The second-order valence-corrected chi connectivity index (χ2v) is 4.88. The maximum atomic E-state index is 13.2. The zero-order chi connectivity index (χ0) is 16.1. The Labute approximate surface area is 131 Å². The first kappa shape index (κ1) is 15.8. The van der Waals surface area contributed by atoms with Gasteiger partial charge in [-0.05, 0) is 23.8 Å². The zero-order valence-electron chi connectivity index (χ0n) is 11.3. The molecule has 5 nitrogen and oxygen atoms in total. The standard InChI is InChI=1S/C15H13ClFN3O2/c16-11-8-10(6-7-12(11)17)19-13(14(21)20-15(18)22)9-4-2-1-3-5-9/h1-8,13,19H,(H3,18,20,21,22)/t13-/m1/s1. The molecule has 22 heavy (non-hydrogen) atoms. The molecular formula is C15H13ClFN3O2. The van der Waals surface area contributed by atoms with Gasteiger partial charge in [-0.25, -0.2) is 9.18 Å². The number of rotatable bonds is 4. The summed E-state index contributed by atoms with van der Waals surface area (Å²) in [7, 11) is 0. The molecule has 0 aliphatic rings. The van der Waals surface area contributed by atoms with Crippen molar-refractivity contribution >= 4 is 29.2 Å². The Balaban J connectivity index is 2.30. The van der Waals surface area contributed by atoms with Gasteiger partial charge < -0.3 is 11.1 Å². The third kappa shape index (κ3) is 3.95. The Morgan fingerprint density at radius 2 is 1.82 bits per heavy atom. The van der Waals surface area contributed by atoms with Gasteiger partial charge in [-0.2, -0.15) is 0 Å². The van der Waals surface area contributed by atoms with Gasteiger partial charge in [0.05, 0.1) is 5.02 Å². The second-order valence-electron chi connectivity index (χ2n) is 4.47. The summed E-state index contributed by atoms with van der Waals surface area (Å²) in [6.07, 6.45) is 0. The largest absolute Gasteiger partial charge is 0.370 e. The van der Waals surface area contributed by atoms with E-state index >= 15 is 0 Å². The van der Waals surface area contributed by atoms with Gasteiger partial charge in [0.2, 0.25) is 0 Å². The summed E-state index contributed by atoms with van der Waals surface area (Å²) in [6.45, 7) is 0. The summed E-state index contributed by atoms with van der Waals surface area (Å²) in [5.74, 6) is -1.19. The zero-order valence-corrected chi connectivity index (χ0v) is 12.1. The lowest BCUT2D eigenvalue weighted by atomic mass is 10.1. The highest BCUT2D eigenvalue weighted by Crippen LogP contribution is 2.24. The minimum absolute atomic E-state index is 0.0767. The number of benzene rings is 2. The van der Waals surface area contributed by atoms with E-state index in [-0.39, 0.29) is 5.02 Å². The molecular weight excluding hydrogens is 309 g/mol. The van der Waals surface area contributed by atoms with Crippen molar-refractivity contribution in [3.05, 3.63) is 64.9 Å². The van der Waals surface area contributed by atoms with Gasteiger partial charge in [-0.15, -0.1) is 0 Å². The van der Waals surface area contributed by atoms with Crippen LogP contribution in [-0.4, -0.2) is 11.9 Å². The molecule has 7 heteroatoms. The Morgan fingerprint density at radius 1 is 1.14 bits per heavy atom. The number of amides is 3. The minimum Gasteiger partial charge on any atom is -0.370 e. The molecule has 0 aliphatic heterocycles. The molecule has 2 aromatic carbocycles. The van der Waals surface area contributed by atoms with E-state index in [2.05, 4.69) is 5.32 Å². The van der Waals surface area contributed by atoms with Gasteiger partial charge in [0.15, 0.2) is 0 Å². The highest BCUT2D eigenvalue weighted by Gasteiger charge is 2.21. The lowest BCUT2D eigenvalue weighted by molar-refractivity contribution is -0.120. The molecule has 1 atom stereocenters. The number of nitrogens with two attached hydrogens (primary N) is 1. The van der Waals surface area contributed by atoms with Crippen molar-refractivity contribution in [1.29, 1.82) is 0 Å². The van der Waals surface area contributed by atoms with Gasteiger partial charge in [0.1, 0.15) is 11.9 Å². The number of urea groups is 1. The molecule has 0 spiro atoms. The fraction of sp³-hybridized carbons (Fsp3) is 0.0667. The fourth-order valence-corrected chi connectivity index (χ4v) is 2.07. The van der Waals surface area contributed by atoms with Crippen LogP contribution in [0.5, 0.6) is 0 Å². The van der Waals surface area contributed by atoms with Crippen molar-refractivity contribution in [2.75, 3.05) is 5.32 Å². The maximum Gasteiger partial charge on any atom is 0.318 e. The van der Waals surface area contributed by atoms with Gasteiger partial charge in [-0.3, -0.25) is 10.1 Å². The van der Waals surface area contributed by atoms with E-state index in [0.717, 1.165) is 0 Å². The van der Waals surface area contributed by atoms with Gasteiger partial charge >= 0.3 is 6.03 Å². The molecule has 0 fully saturated rings. The topological polar surface area (TPSA) is 84.2 Å². The van der Waals surface area contributed by atoms with Crippen LogP contribution in [-0.2, 0) is 4.79 Å². The highest BCUT2D eigenvalue weighted by molar-refractivity contribution is 6.31. The summed E-state index contributed by atoms with van der Waals surface area (Å²) in [5.41, 5.74) is 6.02. The van der Waals surface area contributed by atoms with E-state index in [0.29, 0.717) is 11.3 Å². The molecule has 2 rings (SSSR count). The fourth-order valence-electron chi connectivity index (χ4n) is 1.89. The summed E-state index contributed by atoms with van der Waals surface area (Å²) in [5, 5.41) is 4.84. The van der Waals surface area contributed by atoms with E-state index < -0.39 is 23.8 Å². The third-order valence-electron chi connectivity index (χ3n) is 2.87. The van der Waals surface area contributed by atoms with Crippen molar-refractivity contribution in [3.8, 4) is 0 Å². The molecule has 4 N–H and O–H groups in total. The molecule has 114 valence electrons. The summed E-state index contributed by atoms with van der Waals surface area (Å²) in [6, 6.07) is 10.9. The average Bonchev–Trinajstić information content (AvgIpc) is 2.48. The molecule has 0 aliphatic carbocycles. The van der Waals surface area contributed by atoms with Crippen LogP contribution in [0.3, 0.4) is 0 Å². The van der Waals surface area contributed by atoms with Crippen molar-refractivity contribution in [2.24, 2.45) is 5.73 Å².